The molecule has 2 N–H and O–H groups in total. The lowest BCUT2D eigenvalue weighted by molar-refractivity contribution is -0.121. The number of thioether (sulfide) groups is 1. The van der Waals surface area contributed by atoms with E-state index in [0.717, 1.165) is 17.9 Å². The van der Waals surface area contributed by atoms with Crippen molar-refractivity contribution in [3.05, 3.63) is 0 Å². The zero-order valence-corrected chi connectivity index (χ0v) is 12.0. The highest BCUT2D eigenvalue weighted by Crippen LogP contribution is 2.03. The van der Waals surface area contributed by atoms with Gasteiger partial charge >= 0.3 is 0 Å². The molecule has 0 spiro atoms. The Morgan fingerprint density at radius 3 is 2.50 bits per heavy atom. The van der Waals surface area contributed by atoms with Crippen molar-refractivity contribution in [2.75, 3.05) is 18.1 Å². The second kappa shape index (κ2) is 7.96. The first-order valence-corrected chi connectivity index (χ1v) is 7.12. The normalized spacial score (nSPS) is 13.6. The largest absolute Gasteiger partial charge is 0.350 e. The van der Waals surface area contributed by atoms with Gasteiger partial charge in [0.05, 0.1) is 6.54 Å². The van der Waals surface area contributed by atoms with Crippen molar-refractivity contribution >= 4 is 17.7 Å². The van der Waals surface area contributed by atoms with Gasteiger partial charge in [0.1, 0.15) is 0 Å². The molecule has 0 radical (unpaired) electrons. The molecule has 0 saturated heterocycles. The number of amides is 1. The van der Waals surface area contributed by atoms with Crippen molar-refractivity contribution in [3.63, 3.8) is 0 Å². The van der Waals surface area contributed by atoms with Gasteiger partial charge in [-0.2, -0.15) is 11.8 Å². The molecule has 0 aliphatic rings. The molecule has 0 aromatic heterocycles. The van der Waals surface area contributed by atoms with Crippen molar-refractivity contribution in [1.82, 2.24) is 10.6 Å². The predicted molar refractivity (Wildman–Crippen MR) is 73.0 cm³/mol. The Morgan fingerprint density at radius 2 is 2.00 bits per heavy atom. The minimum atomic E-state index is -0.139. The number of hydrogen-bond donors (Lipinski definition) is 2. The average Bonchev–Trinajstić information content (AvgIpc) is 2.12. The van der Waals surface area contributed by atoms with E-state index >= 15 is 0 Å². The third kappa shape index (κ3) is 10.3. The van der Waals surface area contributed by atoms with Crippen LogP contribution < -0.4 is 10.6 Å². The molecular formula is C12H26N2OS. The lowest BCUT2D eigenvalue weighted by Gasteiger charge is -2.21. The van der Waals surface area contributed by atoms with Gasteiger partial charge in [-0.25, -0.2) is 0 Å². The molecule has 1 atom stereocenters. The van der Waals surface area contributed by atoms with Gasteiger partial charge in [0, 0.05) is 11.6 Å². The van der Waals surface area contributed by atoms with Crippen LogP contribution >= 0.6 is 11.8 Å². The van der Waals surface area contributed by atoms with Crippen molar-refractivity contribution in [2.45, 2.75) is 52.6 Å². The molecule has 0 heterocycles. The van der Waals surface area contributed by atoms with Crippen LogP contribution in [0.25, 0.3) is 0 Å². The molecule has 0 aromatic carbocycles. The fourth-order valence-corrected chi connectivity index (χ4v) is 2.04. The third-order valence-corrected chi connectivity index (χ3v) is 2.96. The van der Waals surface area contributed by atoms with Gasteiger partial charge < -0.3 is 10.6 Å². The quantitative estimate of drug-likeness (QED) is 0.675. The summed E-state index contributed by atoms with van der Waals surface area (Å²) < 4.78 is 0. The smallest absolute Gasteiger partial charge is 0.234 e. The predicted octanol–water partition coefficient (Wildman–Crippen LogP) is 2.02. The second-order valence-corrected chi connectivity index (χ2v) is 6.46. The van der Waals surface area contributed by atoms with Crippen LogP contribution in [0.15, 0.2) is 0 Å². The standard InChI is InChI=1S/C12H26N2OS/c1-6-16-8-7-10(2)13-9-11(15)14-12(3,4)5/h10,13H,6-9H2,1-5H3,(H,14,15). The third-order valence-electron chi connectivity index (χ3n) is 2.02. The molecule has 0 aromatic rings. The van der Waals surface area contributed by atoms with Crippen LogP contribution in [0, 0.1) is 0 Å². The van der Waals surface area contributed by atoms with E-state index in [1.165, 1.54) is 0 Å². The van der Waals surface area contributed by atoms with Crippen LogP contribution in [0.3, 0.4) is 0 Å². The Bertz CT molecular complexity index is 202. The van der Waals surface area contributed by atoms with E-state index in [1.54, 1.807) is 0 Å². The van der Waals surface area contributed by atoms with Crippen LogP contribution in [-0.4, -0.2) is 35.5 Å². The maximum atomic E-state index is 11.5. The number of carbonyl (C=O) groups is 1. The van der Waals surface area contributed by atoms with Gasteiger partial charge in [0.25, 0.3) is 0 Å². The topological polar surface area (TPSA) is 41.1 Å². The molecule has 4 heteroatoms. The Balaban J connectivity index is 3.59. The summed E-state index contributed by atoms with van der Waals surface area (Å²) in [4.78, 5) is 11.5. The molecule has 1 unspecified atom stereocenters. The van der Waals surface area contributed by atoms with Gasteiger partial charge in [0.2, 0.25) is 5.91 Å². The van der Waals surface area contributed by atoms with Gasteiger partial charge in [-0.15, -0.1) is 0 Å². The van der Waals surface area contributed by atoms with Crippen molar-refractivity contribution < 1.29 is 4.79 Å². The van der Waals surface area contributed by atoms with E-state index < -0.39 is 0 Å². The summed E-state index contributed by atoms with van der Waals surface area (Å²) >= 11 is 1.94. The molecule has 1 amide bonds. The highest BCUT2D eigenvalue weighted by Gasteiger charge is 2.13. The summed E-state index contributed by atoms with van der Waals surface area (Å²) in [5.41, 5.74) is -0.139. The molecule has 0 bridgehead atoms. The lowest BCUT2D eigenvalue weighted by atomic mass is 10.1. The maximum Gasteiger partial charge on any atom is 0.234 e. The first-order chi connectivity index (χ1) is 7.35. The van der Waals surface area contributed by atoms with Crippen LogP contribution in [0.5, 0.6) is 0 Å². The monoisotopic (exact) mass is 246 g/mol. The summed E-state index contributed by atoms with van der Waals surface area (Å²) in [6.45, 7) is 10.7. The van der Waals surface area contributed by atoms with Gasteiger partial charge in [-0.05, 0) is 45.6 Å². The fourth-order valence-electron chi connectivity index (χ4n) is 1.24. The Morgan fingerprint density at radius 1 is 1.38 bits per heavy atom. The van der Waals surface area contributed by atoms with E-state index in [-0.39, 0.29) is 11.4 Å². The van der Waals surface area contributed by atoms with Gasteiger partial charge in [-0.1, -0.05) is 6.92 Å². The molecule has 0 fully saturated rings. The van der Waals surface area contributed by atoms with Crippen molar-refractivity contribution in [3.8, 4) is 0 Å². The van der Waals surface area contributed by atoms with E-state index in [2.05, 4.69) is 24.5 Å². The molecule has 0 aliphatic heterocycles. The summed E-state index contributed by atoms with van der Waals surface area (Å²) in [6, 6.07) is 0.407. The fraction of sp³-hybridized carbons (Fsp3) is 0.917. The minimum absolute atomic E-state index is 0.0718. The number of hydrogen-bond acceptors (Lipinski definition) is 3. The SMILES string of the molecule is CCSCCC(C)NCC(=O)NC(C)(C)C. The number of rotatable bonds is 7. The highest BCUT2D eigenvalue weighted by molar-refractivity contribution is 7.99. The number of carbonyl (C=O) groups excluding carboxylic acids is 1. The molecule has 3 nitrogen and oxygen atoms in total. The van der Waals surface area contributed by atoms with Crippen molar-refractivity contribution in [1.29, 1.82) is 0 Å². The first-order valence-electron chi connectivity index (χ1n) is 5.97. The van der Waals surface area contributed by atoms with Crippen molar-refractivity contribution in [2.24, 2.45) is 0 Å². The van der Waals surface area contributed by atoms with Crippen LogP contribution in [0.2, 0.25) is 0 Å². The zero-order chi connectivity index (χ0) is 12.6. The van der Waals surface area contributed by atoms with Gasteiger partial charge in [-0.3, -0.25) is 4.79 Å². The maximum absolute atomic E-state index is 11.5. The Hall–Kier alpha value is -0.220. The summed E-state index contributed by atoms with van der Waals surface area (Å²) in [6.07, 6.45) is 1.11. The van der Waals surface area contributed by atoms with Crippen LogP contribution in [0.4, 0.5) is 0 Å². The lowest BCUT2D eigenvalue weighted by Crippen LogP contribution is -2.46. The average molecular weight is 246 g/mol. The van der Waals surface area contributed by atoms with E-state index in [1.807, 2.05) is 32.5 Å². The van der Waals surface area contributed by atoms with Gasteiger partial charge in [0.15, 0.2) is 0 Å². The van der Waals surface area contributed by atoms with E-state index in [9.17, 15) is 4.79 Å². The molecule has 96 valence electrons. The Kier molecular flexibility index (Phi) is 7.85. The molecule has 0 aliphatic carbocycles. The molecule has 0 saturated carbocycles. The van der Waals surface area contributed by atoms with Crippen LogP contribution in [0.1, 0.15) is 41.0 Å². The molecule has 16 heavy (non-hydrogen) atoms. The first kappa shape index (κ1) is 15.8. The van der Waals surface area contributed by atoms with Crippen LogP contribution in [-0.2, 0) is 4.79 Å². The summed E-state index contributed by atoms with van der Waals surface area (Å²) in [5, 5.41) is 6.17. The molecule has 0 rings (SSSR count). The zero-order valence-electron chi connectivity index (χ0n) is 11.2. The summed E-state index contributed by atoms with van der Waals surface area (Å²) in [5.74, 6) is 2.39. The minimum Gasteiger partial charge on any atom is -0.350 e. The number of nitrogens with one attached hydrogen (secondary N) is 2. The highest BCUT2D eigenvalue weighted by atomic mass is 32.2. The molecular weight excluding hydrogens is 220 g/mol. The van der Waals surface area contributed by atoms with E-state index in [4.69, 9.17) is 0 Å². The Labute approximate surface area is 104 Å². The van der Waals surface area contributed by atoms with E-state index in [0.29, 0.717) is 12.6 Å². The second-order valence-electron chi connectivity index (χ2n) is 5.07. The summed E-state index contributed by atoms with van der Waals surface area (Å²) in [7, 11) is 0.